The zero-order valence-electron chi connectivity index (χ0n) is 18.0. The number of benzene rings is 1. The number of nitriles is 1. The third kappa shape index (κ3) is 6.14. The number of methoxy groups -OCH3 is 1. The number of imide groups is 1. The Kier molecular flexibility index (Phi) is 8.29. The summed E-state index contributed by atoms with van der Waals surface area (Å²) in [6.45, 7) is 5.65. The third-order valence-electron chi connectivity index (χ3n) is 4.64. The minimum Gasteiger partial charge on any atom is -0.451 e. The number of esters is 1. The number of aryl methyl sites for hydroxylation is 1. The van der Waals surface area contributed by atoms with E-state index in [9.17, 15) is 19.6 Å². The molecule has 0 saturated carbocycles. The summed E-state index contributed by atoms with van der Waals surface area (Å²) in [6, 6.07) is 11.9. The van der Waals surface area contributed by atoms with E-state index in [4.69, 9.17) is 9.47 Å². The second kappa shape index (κ2) is 10.9. The molecule has 0 aliphatic rings. The molecule has 1 aromatic heterocycles. The number of amides is 2. The van der Waals surface area contributed by atoms with Crippen LogP contribution in [-0.2, 0) is 19.1 Å². The highest BCUT2D eigenvalue weighted by Gasteiger charge is 2.18. The van der Waals surface area contributed by atoms with Crippen molar-refractivity contribution in [2.75, 3.05) is 20.3 Å². The molecule has 2 aromatic rings. The van der Waals surface area contributed by atoms with E-state index in [1.807, 2.05) is 26.8 Å². The van der Waals surface area contributed by atoms with E-state index in [2.05, 4.69) is 9.88 Å². The van der Waals surface area contributed by atoms with Crippen molar-refractivity contribution in [1.29, 1.82) is 5.26 Å². The first kappa shape index (κ1) is 23.6. The van der Waals surface area contributed by atoms with E-state index in [-0.39, 0.29) is 11.6 Å². The van der Waals surface area contributed by atoms with Crippen molar-refractivity contribution >= 4 is 23.9 Å². The van der Waals surface area contributed by atoms with Crippen molar-refractivity contribution in [3.05, 3.63) is 64.5 Å². The quantitative estimate of drug-likeness (QED) is 0.397. The van der Waals surface area contributed by atoms with Crippen LogP contribution in [0.1, 0.15) is 40.3 Å². The lowest BCUT2D eigenvalue weighted by Gasteiger charge is -2.17. The highest BCUT2D eigenvalue weighted by atomic mass is 16.5. The van der Waals surface area contributed by atoms with Crippen LogP contribution in [0.4, 0.5) is 0 Å². The van der Waals surface area contributed by atoms with Crippen LogP contribution in [0.2, 0.25) is 0 Å². The zero-order chi connectivity index (χ0) is 23.0. The first-order valence-electron chi connectivity index (χ1n) is 9.64. The van der Waals surface area contributed by atoms with Crippen LogP contribution in [0.5, 0.6) is 0 Å². The summed E-state index contributed by atoms with van der Waals surface area (Å²) >= 11 is 0. The second-order valence-corrected chi connectivity index (χ2v) is 6.99. The van der Waals surface area contributed by atoms with Crippen LogP contribution < -0.4 is 5.32 Å². The molecule has 0 radical (unpaired) electrons. The molecular weight excluding hydrogens is 398 g/mol. The Hall–Kier alpha value is -3.70. The van der Waals surface area contributed by atoms with Gasteiger partial charge in [-0.05, 0) is 50.6 Å². The predicted octanol–water partition coefficient (Wildman–Crippen LogP) is 2.72. The van der Waals surface area contributed by atoms with Crippen molar-refractivity contribution in [2.24, 2.45) is 0 Å². The Morgan fingerprint density at radius 2 is 1.90 bits per heavy atom. The highest BCUT2D eigenvalue weighted by molar-refractivity contribution is 6.06. The lowest BCUT2D eigenvalue weighted by Crippen LogP contribution is -2.34. The van der Waals surface area contributed by atoms with Gasteiger partial charge in [0.25, 0.3) is 11.8 Å². The fourth-order valence-electron chi connectivity index (χ4n) is 3.27. The molecule has 0 fully saturated rings. The Labute approximate surface area is 181 Å². The summed E-state index contributed by atoms with van der Waals surface area (Å²) in [5.41, 5.74) is 2.57. The van der Waals surface area contributed by atoms with Gasteiger partial charge in [-0.15, -0.1) is 0 Å². The average molecular weight is 423 g/mol. The highest BCUT2D eigenvalue weighted by Crippen LogP contribution is 2.23. The number of ether oxygens (including phenoxy) is 2. The van der Waals surface area contributed by atoms with Crippen molar-refractivity contribution in [3.8, 4) is 6.07 Å². The van der Waals surface area contributed by atoms with Gasteiger partial charge in [0.2, 0.25) is 0 Å². The normalized spacial score (nSPS) is 12.0. The number of nitrogens with one attached hydrogen (secondary N) is 1. The summed E-state index contributed by atoms with van der Waals surface area (Å²) in [6.07, 6.45) is 1.42. The maximum atomic E-state index is 12.3. The monoisotopic (exact) mass is 423 g/mol. The standard InChI is InChI=1S/C23H25N3O5/c1-15-10-19(17(3)26(15)16(2)13-30-4)11-20(12-24)23(29)31-14-21(27)25-22(28)18-8-6-5-7-9-18/h5-11,16H,13-14H2,1-4H3,(H,25,27,28)/b20-11+/t16-/m1/s1. The van der Waals surface area contributed by atoms with Crippen molar-refractivity contribution in [3.63, 3.8) is 0 Å². The first-order chi connectivity index (χ1) is 14.8. The van der Waals surface area contributed by atoms with E-state index in [0.29, 0.717) is 17.7 Å². The molecule has 0 saturated heterocycles. The van der Waals surface area contributed by atoms with Gasteiger partial charge in [-0.25, -0.2) is 4.79 Å². The summed E-state index contributed by atoms with van der Waals surface area (Å²) in [4.78, 5) is 36.1. The number of hydrogen-bond donors (Lipinski definition) is 1. The zero-order valence-corrected chi connectivity index (χ0v) is 18.0. The molecule has 1 aromatic carbocycles. The van der Waals surface area contributed by atoms with Crippen molar-refractivity contribution < 1.29 is 23.9 Å². The Balaban J connectivity index is 2.04. The molecule has 0 spiro atoms. The smallest absolute Gasteiger partial charge is 0.349 e. The van der Waals surface area contributed by atoms with Crippen LogP contribution in [0.3, 0.4) is 0 Å². The molecular formula is C23H25N3O5. The van der Waals surface area contributed by atoms with Gasteiger partial charge in [0.05, 0.1) is 12.6 Å². The molecule has 0 bridgehead atoms. The van der Waals surface area contributed by atoms with Gasteiger partial charge >= 0.3 is 5.97 Å². The summed E-state index contributed by atoms with van der Waals surface area (Å²) in [7, 11) is 1.62. The molecule has 31 heavy (non-hydrogen) atoms. The number of carbonyl (C=O) groups is 3. The Morgan fingerprint density at radius 1 is 1.23 bits per heavy atom. The van der Waals surface area contributed by atoms with Crippen molar-refractivity contribution in [1.82, 2.24) is 9.88 Å². The van der Waals surface area contributed by atoms with Crippen molar-refractivity contribution in [2.45, 2.75) is 26.8 Å². The van der Waals surface area contributed by atoms with E-state index in [1.54, 1.807) is 43.5 Å². The third-order valence-corrected chi connectivity index (χ3v) is 4.64. The second-order valence-electron chi connectivity index (χ2n) is 6.99. The van der Waals surface area contributed by atoms with Gasteiger partial charge in [-0.2, -0.15) is 5.26 Å². The largest absolute Gasteiger partial charge is 0.451 e. The van der Waals surface area contributed by atoms with Gasteiger partial charge in [-0.1, -0.05) is 18.2 Å². The molecule has 1 atom stereocenters. The van der Waals surface area contributed by atoms with Crippen LogP contribution in [0.25, 0.3) is 6.08 Å². The number of nitrogens with zero attached hydrogens (tertiary/aromatic N) is 2. The molecule has 2 amide bonds. The summed E-state index contributed by atoms with van der Waals surface area (Å²) in [5, 5.41) is 11.5. The minimum absolute atomic E-state index is 0.0792. The predicted molar refractivity (Wildman–Crippen MR) is 114 cm³/mol. The van der Waals surface area contributed by atoms with Crippen LogP contribution in [0.15, 0.2) is 42.0 Å². The molecule has 0 unspecified atom stereocenters. The average Bonchev–Trinajstić information content (AvgIpc) is 3.03. The van der Waals surface area contributed by atoms with Gasteiger partial charge < -0.3 is 14.0 Å². The maximum absolute atomic E-state index is 12.3. The topological polar surface area (TPSA) is 110 Å². The molecule has 8 heteroatoms. The fraction of sp³-hybridized carbons (Fsp3) is 0.304. The number of carbonyl (C=O) groups excluding carboxylic acids is 3. The lowest BCUT2D eigenvalue weighted by molar-refractivity contribution is -0.144. The van der Waals surface area contributed by atoms with E-state index >= 15 is 0 Å². The molecule has 0 aliphatic heterocycles. The molecule has 8 nitrogen and oxygen atoms in total. The van der Waals surface area contributed by atoms with Crippen LogP contribution >= 0.6 is 0 Å². The molecule has 2 rings (SSSR count). The van der Waals surface area contributed by atoms with E-state index < -0.39 is 24.4 Å². The van der Waals surface area contributed by atoms with Gasteiger partial charge in [-0.3, -0.25) is 14.9 Å². The number of aromatic nitrogens is 1. The molecule has 0 aliphatic carbocycles. The summed E-state index contributed by atoms with van der Waals surface area (Å²) in [5.74, 6) is -2.33. The minimum atomic E-state index is -0.945. The summed E-state index contributed by atoms with van der Waals surface area (Å²) < 4.78 is 12.2. The fourth-order valence-corrected chi connectivity index (χ4v) is 3.27. The van der Waals surface area contributed by atoms with Gasteiger partial charge in [0, 0.05) is 24.1 Å². The van der Waals surface area contributed by atoms with E-state index in [0.717, 1.165) is 11.4 Å². The van der Waals surface area contributed by atoms with Gasteiger partial charge in [0.15, 0.2) is 6.61 Å². The Bertz CT molecular complexity index is 1030. The number of rotatable bonds is 8. The van der Waals surface area contributed by atoms with Crippen LogP contribution in [0, 0.1) is 25.2 Å². The van der Waals surface area contributed by atoms with Crippen LogP contribution in [-0.4, -0.2) is 42.7 Å². The lowest BCUT2D eigenvalue weighted by atomic mass is 10.1. The molecule has 1 N–H and O–H groups in total. The first-order valence-corrected chi connectivity index (χ1v) is 9.64. The number of hydrogen-bond acceptors (Lipinski definition) is 6. The molecule has 162 valence electrons. The van der Waals surface area contributed by atoms with E-state index in [1.165, 1.54) is 6.08 Å². The van der Waals surface area contributed by atoms with Gasteiger partial charge in [0.1, 0.15) is 11.6 Å². The molecule has 1 heterocycles. The SMILES string of the molecule is COC[C@@H](C)n1c(C)cc(/C=C(\C#N)C(=O)OCC(=O)NC(=O)c2ccccc2)c1C. The Morgan fingerprint density at radius 3 is 2.52 bits per heavy atom. The maximum Gasteiger partial charge on any atom is 0.349 e.